The zero-order chi connectivity index (χ0) is 19.6. The molecule has 0 aliphatic rings. The van der Waals surface area contributed by atoms with Crippen LogP contribution in [0.25, 0.3) is 10.8 Å². The molecule has 0 aromatic heterocycles. The van der Waals surface area contributed by atoms with E-state index in [1.165, 1.54) is 13.1 Å². The van der Waals surface area contributed by atoms with Crippen molar-refractivity contribution in [2.75, 3.05) is 7.05 Å². The Kier molecular flexibility index (Phi) is 5.11. The second-order valence-electron chi connectivity index (χ2n) is 5.97. The topological polar surface area (TPSA) is 104 Å². The number of nitrogens with zero attached hydrogens (tertiary/aromatic N) is 4. The van der Waals surface area contributed by atoms with Crippen molar-refractivity contribution in [1.82, 2.24) is 0 Å². The summed E-state index contributed by atoms with van der Waals surface area (Å²) in [4.78, 5) is -0.267. The number of hydrogen-bond acceptors (Lipinski definition) is 6. The van der Waals surface area contributed by atoms with E-state index < -0.39 is 10.1 Å². The van der Waals surface area contributed by atoms with Crippen LogP contribution in [0.5, 0.6) is 0 Å². The van der Waals surface area contributed by atoms with Crippen molar-refractivity contribution < 1.29 is 13.0 Å². The minimum atomic E-state index is -4.43. The molecule has 0 radical (unpaired) electrons. The summed E-state index contributed by atoms with van der Waals surface area (Å²) in [6.45, 7) is 3.63. The fourth-order valence-corrected chi connectivity index (χ4v) is 3.70. The zero-order valence-electron chi connectivity index (χ0n) is 15.1. The lowest BCUT2D eigenvalue weighted by molar-refractivity contribution is 0.483. The van der Waals surface area contributed by atoms with Crippen LogP contribution in [0.15, 0.2) is 73.9 Å². The molecule has 1 N–H and O–H groups in total. The van der Waals surface area contributed by atoms with E-state index in [0.29, 0.717) is 16.6 Å². The Balaban J connectivity index is 2.24. The van der Waals surface area contributed by atoms with E-state index in [1.807, 2.05) is 37.3 Å². The second-order valence-corrected chi connectivity index (χ2v) is 7.36. The highest BCUT2D eigenvalue weighted by atomic mass is 32.2. The predicted octanol–water partition coefficient (Wildman–Crippen LogP) is 5.83. The van der Waals surface area contributed by atoms with Gasteiger partial charge < -0.3 is 0 Å². The maximum absolute atomic E-state index is 11.8. The molecular formula is C19H18N4O3S. The average Bonchev–Trinajstić information content (AvgIpc) is 2.63. The van der Waals surface area contributed by atoms with Crippen LogP contribution in [-0.4, -0.2) is 20.0 Å². The van der Waals surface area contributed by atoms with Crippen molar-refractivity contribution in [3.63, 3.8) is 0 Å². The van der Waals surface area contributed by atoms with Gasteiger partial charge in [-0.3, -0.25) is 4.55 Å². The standard InChI is InChI=1S/C19H18N4O3S/c1-12-16(22-21-15-7-5-4-6-8-15)10-9-14-11-17(27(24,25)26)19(23-20-3)13(2)18(12)14/h4-11H,1-3H3,(H,24,25,26). The van der Waals surface area contributed by atoms with Crippen molar-refractivity contribution in [3.05, 3.63) is 59.7 Å². The summed E-state index contributed by atoms with van der Waals surface area (Å²) in [7, 11) is -3.00. The maximum Gasteiger partial charge on any atom is 0.296 e. The van der Waals surface area contributed by atoms with Crippen molar-refractivity contribution in [1.29, 1.82) is 0 Å². The smallest absolute Gasteiger partial charge is 0.282 e. The summed E-state index contributed by atoms with van der Waals surface area (Å²) in [5.41, 5.74) is 2.94. The number of hydrogen-bond donors (Lipinski definition) is 1. The first-order chi connectivity index (χ1) is 12.8. The Morgan fingerprint density at radius 2 is 1.59 bits per heavy atom. The van der Waals surface area contributed by atoms with E-state index in [2.05, 4.69) is 20.5 Å². The van der Waals surface area contributed by atoms with Gasteiger partial charge in [0.2, 0.25) is 0 Å². The third-order valence-corrected chi connectivity index (χ3v) is 5.09. The predicted molar refractivity (Wildman–Crippen MR) is 104 cm³/mol. The highest BCUT2D eigenvalue weighted by molar-refractivity contribution is 7.86. The highest BCUT2D eigenvalue weighted by Gasteiger charge is 2.21. The fraction of sp³-hybridized carbons (Fsp3) is 0.158. The van der Waals surface area contributed by atoms with Crippen molar-refractivity contribution in [3.8, 4) is 0 Å². The molecule has 0 unspecified atom stereocenters. The third-order valence-electron chi connectivity index (χ3n) is 4.23. The lowest BCUT2D eigenvalue weighted by Crippen LogP contribution is -2.00. The second kappa shape index (κ2) is 7.34. The van der Waals surface area contributed by atoms with Crippen LogP contribution in [0.1, 0.15) is 11.1 Å². The normalized spacial score (nSPS) is 12.4. The Labute approximate surface area is 157 Å². The van der Waals surface area contributed by atoms with E-state index in [9.17, 15) is 13.0 Å². The molecule has 8 heteroatoms. The molecule has 0 amide bonds. The van der Waals surface area contributed by atoms with Gasteiger partial charge in [-0.05, 0) is 60.0 Å². The summed E-state index contributed by atoms with van der Waals surface area (Å²) < 4.78 is 33.1. The number of benzene rings is 3. The number of rotatable bonds is 4. The lowest BCUT2D eigenvalue weighted by Gasteiger charge is -2.13. The molecule has 0 saturated heterocycles. The van der Waals surface area contributed by atoms with E-state index in [-0.39, 0.29) is 10.6 Å². The first kappa shape index (κ1) is 18.8. The van der Waals surface area contributed by atoms with Gasteiger partial charge in [0.05, 0.1) is 11.4 Å². The molecule has 3 aromatic carbocycles. The van der Waals surface area contributed by atoms with Gasteiger partial charge in [-0.15, -0.1) is 0 Å². The first-order valence-electron chi connectivity index (χ1n) is 8.14. The molecule has 0 saturated carbocycles. The average molecular weight is 382 g/mol. The lowest BCUT2D eigenvalue weighted by atomic mass is 9.98. The molecule has 0 heterocycles. The molecule has 3 aromatic rings. The molecule has 0 fully saturated rings. The molecule has 0 aliphatic carbocycles. The quantitative estimate of drug-likeness (QED) is 0.453. The Morgan fingerprint density at radius 1 is 0.889 bits per heavy atom. The monoisotopic (exact) mass is 382 g/mol. The third kappa shape index (κ3) is 3.76. The van der Waals surface area contributed by atoms with E-state index in [1.54, 1.807) is 19.1 Å². The van der Waals surface area contributed by atoms with Crippen LogP contribution in [-0.2, 0) is 10.1 Å². The molecule has 0 bridgehead atoms. The van der Waals surface area contributed by atoms with E-state index in [0.717, 1.165) is 16.6 Å². The van der Waals surface area contributed by atoms with Gasteiger partial charge >= 0.3 is 0 Å². The van der Waals surface area contributed by atoms with E-state index in [4.69, 9.17) is 0 Å². The van der Waals surface area contributed by atoms with Crippen molar-refractivity contribution in [2.24, 2.45) is 20.5 Å². The highest BCUT2D eigenvalue weighted by Crippen LogP contribution is 2.39. The molecule has 0 atom stereocenters. The van der Waals surface area contributed by atoms with Crippen LogP contribution in [0.2, 0.25) is 0 Å². The number of aryl methyl sites for hydroxylation is 2. The first-order valence-corrected chi connectivity index (χ1v) is 9.58. The zero-order valence-corrected chi connectivity index (χ0v) is 15.9. The minimum absolute atomic E-state index is 0.118. The SMILES string of the molecule is CN=Nc1c(S(=O)(=O)O)cc2ccc(N=Nc3ccccc3)c(C)c2c1C. The Bertz CT molecular complexity index is 1170. The van der Waals surface area contributed by atoms with Gasteiger partial charge in [-0.1, -0.05) is 24.3 Å². The van der Waals surface area contributed by atoms with Crippen LogP contribution in [0.3, 0.4) is 0 Å². The summed E-state index contributed by atoms with van der Waals surface area (Å²) >= 11 is 0. The molecule has 138 valence electrons. The van der Waals surface area contributed by atoms with Gasteiger partial charge in [0.15, 0.2) is 0 Å². The minimum Gasteiger partial charge on any atom is -0.282 e. The molecule has 0 spiro atoms. The van der Waals surface area contributed by atoms with Crippen LogP contribution in [0, 0.1) is 13.8 Å². The largest absolute Gasteiger partial charge is 0.296 e. The Hall–Kier alpha value is -2.97. The van der Waals surface area contributed by atoms with Gasteiger partial charge in [0.1, 0.15) is 10.6 Å². The van der Waals surface area contributed by atoms with Crippen molar-refractivity contribution in [2.45, 2.75) is 18.7 Å². The Morgan fingerprint density at radius 3 is 2.22 bits per heavy atom. The number of fused-ring (bicyclic) bond motifs is 1. The molecule has 0 aliphatic heterocycles. The molecule has 3 rings (SSSR count). The van der Waals surface area contributed by atoms with Gasteiger partial charge in [-0.25, -0.2) is 0 Å². The van der Waals surface area contributed by atoms with Gasteiger partial charge in [0, 0.05) is 7.05 Å². The summed E-state index contributed by atoms with van der Waals surface area (Å²) in [5.74, 6) is 0. The van der Waals surface area contributed by atoms with Crippen LogP contribution in [0.4, 0.5) is 17.1 Å². The summed E-state index contributed by atoms with van der Waals surface area (Å²) in [5, 5.41) is 17.6. The van der Waals surface area contributed by atoms with Gasteiger partial charge in [0.25, 0.3) is 10.1 Å². The molecular weight excluding hydrogens is 364 g/mol. The molecule has 27 heavy (non-hydrogen) atoms. The van der Waals surface area contributed by atoms with Crippen molar-refractivity contribution >= 4 is 38.0 Å². The van der Waals surface area contributed by atoms with Crippen LogP contribution < -0.4 is 0 Å². The van der Waals surface area contributed by atoms with Crippen LogP contribution >= 0.6 is 0 Å². The maximum atomic E-state index is 11.8. The molecule has 7 nitrogen and oxygen atoms in total. The van der Waals surface area contributed by atoms with Gasteiger partial charge in [-0.2, -0.15) is 28.9 Å². The number of azo groups is 2. The summed E-state index contributed by atoms with van der Waals surface area (Å²) in [6, 6.07) is 14.3. The fourth-order valence-electron chi connectivity index (χ4n) is 2.99. The van der Waals surface area contributed by atoms with E-state index >= 15 is 0 Å². The summed E-state index contributed by atoms with van der Waals surface area (Å²) in [6.07, 6.45) is 0.